The van der Waals surface area contributed by atoms with Gasteiger partial charge in [-0.05, 0) is 30.5 Å². The quantitative estimate of drug-likeness (QED) is 0.840. The van der Waals surface area contributed by atoms with E-state index in [9.17, 15) is 9.59 Å². The summed E-state index contributed by atoms with van der Waals surface area (Å²) < 4.78 is 5.21. The summed E-state index contributed by atoms with van der Waals surface area (Å²) in [7, 11) is 1.59. The maximum absolute atomic E-state index is 13.2. The molecule has 0 bridgehead atoms. The molecule has 6 heteroatoms. The van der Waals surface area contributed by atoms with Gasteiger partial charge in [-0.2, -0.15) is 0 Å². The second-order valence-corrected chi connectivity index (χ2v) is 7.43. The van der Waals surface area contributed by atoms with E-state index in [1.165, 1.54) is 11.1 Å². The van der Waals surface area contributed by atoms with Crippen LogP contribution in [-0.2, 0) is 22.6 Å². The zero-order chi connectivity index (χ0) is 19.5. The third kappa shape index (κ3) is 3.73. The van der Waals surface area contributed by atoms with Gasteiger partial charge in [-0.15, -0.1) is 0 Å². The summed E-state index contributed by atoms with van der Waals surface area (Å²) in [6.45, 7) is 1.45. The number of nitrogens with two attached hydrogens (primary N) is 1. The van der Waals surface area contributed by atoms with E-state index in [2.05, 4.69) is 22.8 Å². The molecule has 2 aliphatic rings. The Bertz CT molecular complexity index is 883. The number of methoxy groups -OCH3 is 1. The Morgan fingerprint density at radius 3 is 2.79 bits per heavy atom. The van der Waals surface area contributed by atoms with Gasteiger partial charge in [0.2, 0.25) is 5.91 Å². The lowest BCUT2D eigenvalue weighted by Crippen LogP contribution is -2.93. The molecule has 28 heavy (non-hydrogen) atoms. The highest BCUT2D eigenvalue weighted by Crippen LogP contribution is 2.23. The van der Waals surface area contributed by atoms with Crippen LogP contribution >= 0.6 is 0 Å². The van der Waals surface area contributed by atoms with Crippen molar-refractivity contribution in [2.45, 2.75) is 37.9 Å². The molecule has 2 heterocycles. The lowest BCUT2D eigenvalue weighted by Gasteiger charge is -2.29. The highest BCUT2D eigenvalue weighted by atomic mass is 16.5. The number of carbonyl (C=O) groups excluding carboxylic acids is 2. The lowest BCUT2D eigenvalue weighted by atomic mass is 9.95. The Morgan fingerprint density at radius 1 is 1.14 bits per heavy atom. The normalized spacial score (nSPS) is 21.1. The predicted molar refractivity (Wildman–Crippen MR) is 106 cm³/mol. The highest BCUT2D eigenvalue weighted by Gasteiger charge is 2.39. The fourth-order valence-electron chi connectivity index (χ4n) is 4.18. The minimum atomic E-state index is -0.413. The second-order valence-electron chi connectivity index (χ2n) is 7.43. The number of quaternary nitrogens is 1. The number of fused-ring (bicyclic) bond motifs is 1. The Labute approximate surface area is 164 Å². The van der Waals surface area contributed by atoms with Crippen molar-refractivity contribution < 1.29 is 19.6 Å². The van der Waals surface area contributed by atoms with Crippen LogP contribution in [0.2, 0.25) is 0 Å². The maximum atomic E-state index is 13.2. The van der Waals surface area contributed by atoms with Crippen molar-refractivity contribution in [3.05, 3.63) is 59.7 Å². The summed E-state index contributed by atoms with van der Waals surface area (Å²) in [6, 6.07) is 15.0. The lowest BCUT2D eigenvalue weighted by molar-refractivity contribution is -0.695. The van der Waals surface area contributed by atoms with Crippen LogP contribution in [0.3, 0.4) is 0 Å². The molecule has 6 nitrogen and oxygen atoms in total. The first kappa shape index (κ1) is 18.5. The average Bonchev–Trinajstić information content (AvgIpc) is 3.23. The van der Waals surface area contributed by atoms with Crippen molar-refractivity contribution in [1.29, 1.82) is 0 Å². The van der Waals surface area contributed by atoms with Crippen LogP contribution in [-0.4, -0.2) is 42.5 Å². The van der Waals surface area contributed by atoms with Gasteiger partial charge in [-0.25, -0.2) is 0 Å². The van der Waals surface area contributed by atoms with Gasteiger partial charge >= 0.3 is 0 Å². The van der Waals surface area contributed by atoms with Crippen molar-refractivity contribution in [2.24, 2.45) is 0 Å². The zero-order valence-electron chi connectivity index (χ0n) is 16.1. The highest BCUT2D eigenvalue weighted by molar-refractivity contribution is 5.98. The summed E-state index contributed by atoms with van der Waals surface area (Å²) in [6.07, 6.45) is 2.27. The Hall–Kier alpha value is -2.86. The van der Waals surface area contributed by atoms with Crippen LogP contribution in [0.25, 0.3) is 0 Å². The van der Waals surface area contributed by atoms with Crippen LogP contribution in [0.1, 0.15) is 24.0 Å². The van der Waals surface area contributed by atoms with E-state index in [1.54, 1.807) is 18.1 Å². The smallest absolute Gasteiger partial charge is 0.281 e. The molecule has 1 fully saturated rings. The topological polar surface area (TPSA) is 75.2 Å². The third-order valence-electron chi connectivity index (χ3n) is 5.67. The number of hydrogen-bond donors (Lipinski definition) is 2. The number of rotatable bonds is 4. The fourth-order valence-corrected chi connectivity index (χ4v) is 4.18. The van der Waals surface area contributed by atoms with E-state index < -0.39 is 6.04 Å². The number of nitrogens with zero attached hydrogens (tertiary/aromatic N) is 1. The molecule has 0 aliphatic carbocycles. The van der Waals surface area contributed by atoms with E-state index in [4.69, 9.17) is 4.74 Å². The number of carbonyl (C=O) groups is 2. The average molecular weight is 380 g/mol. The minimum absolute atomic E-state index is 0.0674. The summed E-state index contributed by atoms with van der Waals surface area (Å²) in [5.74, 6) is 0.626. The van der Waals surface area contributed by atoms with Crippen molar-refractivity contribution >= 4 is 17.5 Å². The van der Waals surface area contributed by atoms with Gasteiger partial charge in [0.15, 0.2) is 6.04 Å². The van der Waals surface area contributed by atoms with E-state index >= 15 is 0 Å². The van der Waals surface area contributed by atoms with Gasteiger partial charge in [0, 0.05) is 30.3 Å². The number of amides is 2. The monoisotopic (exact) mass is 380 g/mol. The van der Waals surface area contributed by atoms with Crippen LogP contribution in [0, 0.1) is 0 Å². The number of nitrogens with one attached hydrogen (secondary N) is 1. The Kier molecular flexibility index (Phi) is 5.30. The molecule has 4 rings (SSSR count). The van der Waals surface area contributed by atoms with Crippen molar-refractivity contribution in [1.82, 2.24) is 4.90 Å². The molecule has 2 atom stereocenters. The largest absolute Gasteiger partial charge is 0.497 e. The molecule has 0 spiro atoms. The standard InChI is InChI=1S/C22H25N3O3/c1-28-18-9-4-8-17(13-18)24-21(26)20-10-5-11-25(20)22(27)19-12-15-6-2-3-7-16(15)14-23-19/h2-4,6-9,13,19-20,23H,5,10-12,14H2,1H3,(H,24,26)/p+1/t19-,20-/m0/s1. The summed E-state index contributed by atoms with van der Waals surface area (Å²) in [5, 5.41) is 5.04. The SMILES string of the molecule is COc1cccc(NC(=O)[C@@H]2CCCN2C(=O)[C@@H]2Cc3ccccc3C[NH2+]2)c1. The van der Waals surface area contributed by atoms with E-state index in [0.717, 1.165) is 19.4 Å². The molecule has 2 aromatic carbocycles. The molecular weight excluding hydrogens is 354 g/mol. The summed E-state index contributed by atoms with van der Waals surface area (Å²) >= 11 is 0. The van der Waals surface area contributed by atoms with Crippen LogP contribution in [0.4, 0.5) is 5.69 Å². The van der Waals surface area contributed by atoms with E-state index in [1.807, 2.05) is 30.3 Å². The molecular formula is C22H26N3O3+. The molecule has 2 aliphatic heterocycles. The number of ether oxygens (including phenoxy) is 1. The molecule has 0 saturated carbocycles. The molecule has 146 valence electrons. The van der Waals surface area contributed by atoms with Gasteiger partial charge < -0.3 is 20.3 Å². The van der Waals surface area contributed by atoms with E-state index in [0.29, 0.717) is 24.4 Å². The molecule has 0 aromatic heterocycles. The molecule has 1 saturated heterocycles. The minimum Gasteiger partial charge on any atom is -0.497 e. The van der Waals surface area contributed by atoms with Crippen molar-refractivity contribution in [2.75, 3.05) is 19.0 Å². The molecule has 3 N–H and O–H groups in total. The first-order valence-corrected chi connectivity index (χ1v) is 9.81. The van der Waals surface area contributed by atoms with Crippen LogP contribution in [0.15, 0.2) is 48.5 Å². The number of benzene rings is 2. The Morgan fingerprint density at radius 2 is 1.96 bits per heavy atom. The fraction of sp³-hybridized carbons (Fsp3) is 0.364. The molecule has 2 aromatic rings. The van der Waals surface area contributed by atoms with Crippen molar-refractivity contribution in [3.8, 4) is 5.75 Å². The molecule has 0 radical (unpaired) electrons. The predicted octanol–water partition coefficient (Wildman–Crippen LogP) is 1.31. The number of hydrogen-bond acceptors (Lipinski definition) is 3. The molecule has 0 unspecified atom stereocenters. The zero-order valence-corrected chi connectivity index (χ0v) is 16.1. The van der Waals surface area contributed by atoms with Crippen LogP contribution in [0.5, 0.6) is 5.75 Å². The first-order valence-electron chi connectivity index (χ1n) is 9.81. The van der Waals surface area contributed by atoms with Gasteiger partial charge in [-0.3, -0.25) is 9.59 Å². The van der Waals surface area contributed by atoms with Crippen LogP contribution < -0.4 is 15.4 Å². The van der Waals surface area contributed by atoms with Gasteiger partial charge in [0.25, 0.3) is 5.91 Å². The third-order valence-corrected chi connectivity index (χ3v) is 5.67. The van der Waals surface area contributed by atoms with E-state index in [-0.39, 0.29) is 17.9 Å². The van der Waals surface area contributed by atoms with Gasteiger partial charge in [0.05, 0.1) is 7.11 Å². The molecule has 2 amide bonds. The van der Waals surface area contributed by atoms with Crippen molar-refractivity contribution in [3.63, 3.8) is 0 Å². The number of anilines is 1. The first-order chi connectivity index (χ1) is 13.7. The maximum Gasteiger partial charge on any atom is 0.281 e. The second kappa shape index (κ2) is 8.02. The Balaban J connectivity index is 1.44. The number of likely N-dealkylation sites (tertiary alicyclic amines) is 1. The van der Waals surface area contributed by atoms with Gasteiger partial charge in [0.1, 0.15) is 18.3 Å². The summed E-state index contributed by atoms with van der Waals surface area (Å²) in [5.41, 5.74) is 3.21. The van der Waals surface area contributed by atoms with Gasteiger partial charge in [-0.1, -0.05) is 30.3 Å². The summed E-state index contributed by atoms with van der Waals surface area (Å²) in [4.78, 5) is 27.8.